The Bertz CT molecular complexity index is 528. The molecule has 1 N–H and O–H groups in total. The molecule has 0 radical (unpaired) electrons. The molecule has 1 aromatic rings. The van der Waals surface area contributed by atoms with E-state index in [1.54, 1.807) is 12.1 Å². The van der Waals surface area contributed by atoms with Gasteiger partial charge in [-0.25, -0.2) is 4.39 Å². The van der Waals surface area contributed by atoms with Gasteiger partial charge in [-0.15, -0.1) is 0 Å². The van der Waals surface area contributed by atoms with Crippen molar-refractivity contribution < 1.29 is 13.9 Å². The van der Waals surface area contributed by atoms with Crippen molar-refractivity contribution in [2.75, 3.05) is 19.7 Å². The summed E-state index contributed by atoms with van der Waals surface area (Å²) in [6, 6.07) is 6.25. The van der Waals surface area contributed by atoms with Gasteiger partial charge < -0.3 is 10.1 Å². The summed E-state index contributed by atoms with van der Waals surface area (Å²) in [4.78, 5) is 14.9. The minimum absolute atomic E-state index is 0.0243. The first-order valence-corrected chi connectivity index (χ1v) is 8.59. The molecule has 1 saturated carbocycles. The Morgan fingerprint density at radius 3 is 2.74 bits per heavy atom. The number of likely N-dealkylation sites (tertiary alicyclic amines) is 1. The molecule has 2 atom stereocenters. The number of hydrogen-bond acceptors (Lipinski definition) is 3. The van der Waals surface area contributed by atoms with Gasteiger partial charge in [0, 0.05) is 19.2 Å². The predicted octanol–water partition coefficient (Wildman–Crippen LogP) is 2.65. The van der Waals surface area contributed by atoms with Crippen LogP contribution in [-0.2, 0) is 9.53 Å². The lowest BCUT2D eigenvalue weighted by molar-refractivity contribution is -0.128. The van der Waals surface area contributed by atoms with Gasteiger partial charge in [-0.2, -0.15) is 0 Å². The van der Waals surface area contributed by atoms with Crippen molar-refractivity contribution in [3.63, 3.8) is 0 Å². The quantitative estimate of drug-likeness (QED) is 0.876. The highest BCUT2D eigenvalue weighted by Crippen LogP contribution is 2.28. The van der Waals surface area contributed by atoms with Crippen LogP contribution in [-0.4, -0.2) is 42.6 Å². The van der Waals surface area contributed by atoms with Crippen molar-refractivity contribution in [2.45, 2.75) is 50.8 Å². The highest BCUT2D eigenvalue weighted by Gasteiger charge is 2.34. The fourth-order valence-electron chi connectivity index (χ4n) is 3.25. The van der Waals surface area contributed by atoms with Gasteiger partial charge in [-0.1, -0.05) is 12.1 Å². The van der Waals surface area contributed by atoms with Gasteiger partial charge in [0.2, 0.25) is 5.91 Å². The Morgan fingerprint density at radius 1 is 1.35 bits per heavy atom. The first-order chi connectivity index (χ1) is 11.2. The van der Waals surface area contributed by atoms with E-state index in [1.165, 1.54) is 12.1 Å². The molecule has 1 saturated heterocycles. The number of ether oxygens (including phenoxy) is 1. The van der Waals surface area contributed by atoms with Crippen LogP contribution in [0.4, 0.5) is 4.39 Å². The number of benzene rings is 1. The standard InChI is InChI=1S/C18H25FN2O2/c1-2-23-16-4-3-11-21(12-16)17(18(22)20-15-9-10-15)13-5-7-14(19)8-6-13/h5-8,15-17H,2-4,9-12H2,1H3,(H,20,22)/t16-,17-/m1/s1. The normalized spacial score (nSPS) is 23.5. The molecule has 23 heavy (non-hydrogen) atoms. The molecule has 0 spiro atoms. The third kappa shape index (κ3) is 4.30. The molecule has 2 fully saturated rings. The number of rotatable bonds is 6. The molecule has 3 rings (SSSR count). The Balaban J connectivity index is 1.78. The first-order valence-electron chi connectivity index (χ1n) is 8.59. The average Bonchev–Trinajstić information content (AvgIpc) is 3.34. The molecule has 1 aliphatic carbocycles. The van der Waals surface area contributed by atoms with E-state index in [4.69, 9.17) is 4.74 Å². The van der Waals surface area contributed by atoms with Crippen LogP contribution in [0.15, 0.2) is 24.3 Å². The summed E-state index contributed by atoms with van der Waals surface area (Å²) >= 11 is 0. The molecule has 0 unspecified atom stereocenters. The Labute approximate surface area is 137 Å². The van der Waals surface area contributed by atoms with Crippen LogP contribution < -0.4 is 5.32 Å². The fraction of sp³-hybridized carbons (Fsp3) is 0.611. The van der Waals surface area contributed by atoms with Gasteiger partial charge in [0.1, 0.15) is 11.9 Å². The van der Waals surface area contributed by atoms with Crippen LogP contribution >= 0.6 is 0 Å². The lowest BCUT2D eigenvalue weighted by atomic mass is 9.99. The number of hydrogen-bond donors (Lipinski definition) is 1. The second-order valence-corrected chi connectivity index (χ2v) is 6.45. The zero-order valence-corrected chi connectivity index (χ0v) is 13.6. The molecule has 5 heteroatoms. The fourth-order valence-corrected chi connectivity index (χ4v) is 3.25. The van der Waals surface area contributed by atoms with Crippen molar-refractivity contribution in [3.05, 3.63) is 35.6 Å². The number of halogens is 1. The lowest BCUT2D eigenvalue weighted by Gasteiger charge is -2.37. The van der Waals surface area contributed by atoms with E-state index < -0.39 is 0 Å². The molecule has 0 aromatic heterocycles. The van der Waals surface area contributed by atoms with Crippen LogP contribution in [0, 0.1) is 5.82 Å². The van der Waals surface area contributed by atoms with Crippen LogP contribution in [0.1, 0.15) is 44.2 Å². The van der Waals surface area contributed by atoms with Gasteiger partial charge in [-0.05, 0) is 56.8 Å². The molecule has 4 nitrogen and oxygen atoms in total. The average molecular weight is 320 g/mol. The van der Waals surface area contributed by atoms with Crippen LogP contribution in [0.3, 0.4) is 0 Å². The Hall–Kier alpha value is -1.46. The van der Waals surface area contributed by atoms with E-state index in [9.17, 15) is 9.18 Å². The lowest BCUT2D eigenvalue weighted by Crippen LogP contribution is -2.47. The third-order valence-electron chi connectivity index (χ3n) is 4.53. The minimum atomic E-state index is -0.362. The van der Waals surface area contributed by atoms with Crippen molar-refractivity contribution in [2.24, 2.45) is 0 Å². The summed E-state index contributed by atoms with van der Waals surface area (Å²) in [5, 5.41) is 3.10. The molecule has 1 amide bonds. The molecule has 0 bridgehead atoms. The van der Waals surface area contributed by atoms with Crippen molar-refractivity contribution in [3.8, 4) is 0 Å². The second-order valence-electron chi connectivity index (χ2n) is 6.45. The summed E-state index contributed by atoms with van der Waals surface area (Å²) in [7, 11) is 0. The summed E-state index contributed by atoms with van der Waals surface area (Å²) in [5.74, 6) is -0.253. The monoisotopic (exact) mass is 320 g/mol. The molecule has 1 aromatic carbocycles. The van der Waals surface area contributed by atoms with E-state index in [0.717, 1.165) is 44.3 Å². The largest absolute Gasteiger partial charge is 0.377 e. The number of nitrogens with zero attached hydrogens (tertiary/aromatic N) is 1. The number of carbonyl (C=O) groups is 1. The molecule has 1 heterocycles. The maximum Gasteiger partial charge on any atom is 0.242 e. The summed E-state index contributed by atoms with van der Waals surface area (Å²) in [6.45, 7) is 4.29. The molecular formula is C18H25FN2O2. The summed E-state index contributed by atoms with van der Waals surface area (Å²) in [5.41, 5.74) is 0.849. The number of carbonyl (C=O) groups excluding carboxylic acids is 1. The zero-order chi connectivity index (χ0) is 16.2. The predicted molar refractivity (Wildman–Crippen MR) is 86.5 cm³/mol. The number of piperidine rings is 1. The van der Waals surface area contributed by atoms with E-state index in [2.05, 4.69) is 10.2 Å². The summed E-state index contributed by atoms with van der Waals surface area (Å²) in [6.07, 6.45) is 4.34. The van der Waals surface area contributed by atoms with Crippen LogP contribution in [0.2, 0.25) is 0 Å². The van der Waals surface area contributed by atoms with Crippen LogP contribution in [0.5, 0.6) is 0 Å². The minimum Gasteiger partial charge on any atom is -0.377 e. The SMILES string of the molecule is CCO[C@@H]1CCCN([C@@H](C(=O)NC2CC2)c2ccc(F)cc2)C1. The molecule has 1 aliphatic heterocycles. The van der Waals surface area contributed by atoms with Gasteiger partial charge in [-0.3, -0.25) is 9.69 Å². The number of amides is 1. The van der Waals surface area contributed by atoms with Gasteiger partial charge in [0.25, 0.3) is 0 Å². The topological polar surface area (TPSA) is 41.6 Å². The van der Waals surface area contributed by atoms with E-state index in [1.807, 2.05) is 6.92 Å². The van der Waals surface area contributed by atoms with E-state index in [-0.39, 0.29) is 23.9 Å². The van der Waals surface area contributed by atoms with E-state index in [0.29, 0.717) is 12.6 Å². The van der Waals surface area contributed by atoms with Gasteiger partial charge in [0.05, 0.1) is 6.10 Å². The third-order valence-corrected chi connectivity index (χ3v) is 4.53. The zero-order valence-electron chi connectivity index (χ0n) is 13.6. The summed E-state index contributed by atoms with van der Waals surface area (Å²) < 4.78 is 19.0. The van der Waals surface area contributed by atoms with Gasteiger partial charge >= 0.3 is 0 Å². The Morgan fingerprint density at radius 2 is 2.09 bits per heavy atom. The maximum absolute atomic E-state index is 13.2. The number of nitrogens with one attached hydrogen (secondary N) is 1. The van der Waals surface area contributed by atoms with Crippen molar-refractivity contribution in [1.29, 1.82) is 0 Å². The smallest absolute Gasteiger partial charge is 0.242 e. The highest BCUT2D eigenvalue weighted by atomic mass is 19.1. The second kappa shape index (κ2) is 7.41. The van der Waals surface area contributed by atoms with Crippen molar-refractivity contribution in [1.82, 2.24) is 10.2 Å². The van der Waals surface area contributed by atoms with Gasteiger partial charge in [0.15, 0.2) is 0 Å². The molecule has 2 aliphatic rings. The molecule has 126 valence electrons. The van der Waals surface area contributed by atoms with Crippen LogP contribution in [0.25, 0.3) is 0 Å². The Kier molecular flexibility index (Phi) is 5.28. The maximum atomic E-state index is 13.2. The first kappa shape index (κ1) is 16.4. The highest BCUT2D eigenvalue weighted by molar-refractivity contribution is 5.83. The van der Waals surface area contributed by atoms with E-state index >= 15 is 0 Å². The van der Waals surface area contributed by atoms with Crippen molar-refractivity contribution >= 4 is 5.91 Å². The molecular weight excluding hydrogens is 295 g/mol.